The van der Waals surface area contributed by atoms with Gasteiger partial charge in [-0.2, -0.15) is 5.26 Å². The monoisotopic (exact) mass is 520 g/mol. The molecule has 1 aromatic heterocycles. The first-order chi connectivity index (χ1) is 18.1. The SMILES string of the molecule is COc1cc(CCN(C(=O)OCc2ccc(F)cc2)C(C)(C)C)ccc1NC(=O)Nc1cnc(C#N)cn1. The minimum Gasteiger partial charge on any atom is -0.495 e. The topological polar surface area (TPSA) is 129 Å². The molecule has 3 amide bonds. The predicted octanol–water partition coefficient (Wildman–Crippen LogP) is 5.12. The van der Waals surface area contributed by atoms with Crippen LogP contribution in [0.15, 0.2) is 54.9 Å². The molecule has 0 bridgehead atoms. The van der Waals surface area contributed by atoms with Gasteiger partial charge in [0.25, 0.3) is 0 Å². The summed E-state index contributed by atoms with van der Waals surface area (Å²) < 4.78 is 24.0. The number of halogens is 1. The largest absolute Gasteiger partial charge is 0.495 e. The summed E-state index contributed by atoms with van der Waals surface area (Å²) in [5, 5.41) is 14.0. The number of nitriles is 1. The van der Waals surface area contributed by atoms with Crippen LogP contribution in [0.25, 0.3) is 0 Å². The van der Waals surface area contributed by atoms with Gasteiger partial charge in [0.1, 0.15) is 24.2 Å². The van der Waals surface area contributed by atoms with E-state index in [1.54, 1.807) is 29.2 Å². The zero-order chi connectivity index (χ0) is 27.7. The number of ether oxygens (including phenoxy) is 2. The number of anilines is 2. The van der Waals surface area contributed by atoms with Crippen LogP contribution in [0.5, 0.6) is 5.75 Å². The maximum absolute atomic E-state index is 13.1. The number of aromatic nitrogens is 2. The van der Waals surface area contributed by atoms with Crippen molar-refractivity contribution in [1.29, 1.82) is 5.26 Å². The fourth-order valence-corrected chi connectivity index (χ4v) is 3.46. The Hall–Kier alpha value is -4.72. The lowest BCUT2D eigenvalue weighted by Crippen LogP contribution is -2.46. The van der Waals surface area contributed by atoms with Crippen LogP contribution < -0.4 is 15.4 Å². The van der Waals surface area contributed by atoms with E-state index in [1.807, 2.05) is 32.9 Å². The lowest BCUT2D eigenvalue weighted by atomic mass is 10.0. The molecule has 0 spiro atoms. The Bertz CT molecular complexity index is 1300. The molecule has 0 unspecified atom stereocenters. The van der Waals surface area contributed by atoms with Gasteiger partial charge in [-0.05, 0) is 62.6 Å². The molecule has 2 N–H and O–H groups in total. The Morgan fingerprint density at radius 1 is 1.05 bits per heavy atom. The van der Waals surface area contributed by atoms with Gasteiger partial charge in [-0.25, -0.2) is 23.9 Å². The van der Waals surface area contributed by atoms with Gasteiger partial charge < -0.3 is 19.7 Å². The van der Waals surface area contributed by atoms with Crippen molar-refractivity contribution in [2.75, 3.05) is 24.3 Å². The van der Waals surface area contributed by atoms with E-state index in [0.29, 0.717) is 30.0 Å². The van der Waals surface area contributed by atoms with Crippen molar-refractivity contribution in [2.24, 2.45) is 0 Å². The molecule has 198 valence electrons. The summed E-state index contributed by atoms with van der Waals surface area (Å²) in [6, 6.07) is 12.4. The van der Waals surface area contributed by atoms with Crippen molar-refractivity contribution in [3.63, 3.8) is 0 Å². The molecule has 0 fully saturated rings. The number of urea groups is 1. The number of hydrogen-bond donors (Lipinski definition) is 2. The highest BCUT2D eigenvalue weighted by atomic mass is 19.1. The van der Waals surface area contributed by atoms with Crippen molar-refractivity contribution in [1.82, 2.24) is 14.9 Å². The van der Waals surface area contributed by atoms with Gasteiger partial charge in [0.2, 0.25) is 0 Å². The number of nitrogens with zero attached hydrogens (tertiary/aromatic N) is 4. The van der Waals surface area contributed by atoms with Crippen LogP contribution in [-0.4, -0.2) is 46.2 Å². The van der Waals surface area contributed by atoms with Gasteiger partial charge in [0.15, 0.2) is 11.5 Å². The minimum absolute atomic E-state index is 0.0377. The molecule has 2 aromatic carbocycles. The highest BCUT2D eigenvalue weighted by Gasteiger charge is 2.27. The molecule has 11 heteroatoms. The number of hydrogen-bond acceptors (Lipinski definition) is 7. The Balaban J connectivity index is 1.61. The van der Waals surface area contributed by atoms with Gasteiger partial charge in [0.05, 0.1) is 25.2 Å². The van der Waals surface area contributed by atoms with Crippen LogP contribution in [0.2, 0.25) is 0 Å². The highest BCUT2D eigenvalue weighted by molar-refractivity contribution is 6.00. The zero-order valence-electron chi connectivity index (χ0n) is 21.6. The molecule has 3 aromatic rings. The van der Waals surface area contributed by atoms with Crippen LogP contribution in [-0.2, 0) is 17.8 Å². The normalized spacial score (nSPS) is 10.7. The molecule has 3 rings (SSSR count). The van der Waals surface area contributed by atoms with E-state index in [0.717, 1.165) is 5.56 Å². The lowest BCUT2D eigenvalue weighted by Gasteiger charge is -2.35. The standard InChI is InChI=1S/C27H29FN6O4/c1-27(2,3)34(26(36)38-17-19-5-8-20(28)9-6-19)12-11-18-7-10-22(23(13-18)37-4)32-25(35)33-24-16-30-21(14-29)15-31-24/h5-10,13,15-16H,11-12,17H2,1-4H3,(H2,31,32,33,35). The number of carbonyl (C=O) groups is 2. The smallest absolute Gasteiger partial charge is 0.410 e. The number of carbonyl (C=O) groups excluding carboxylic acids is 2. The Morgan fingerprint density at radius 3 is 2.37 bits per heavy atom. The molecular weight excluding hydrogens is 491 g/mol. The average Bonchev–Trinajstić information content (AvgIpc) is 2.88. The third kappa shape index (κ3) is 7.89. The fourth-order valence-electron chi connectivity index (χ4n) is 3.46. The first-order valence-electron chi connectivity index (χ1n) is 11.7. The average molecular weight is 521 g/mol. The number of amides is 3. The summed E-state index contributed by atoms with van der Waals surface area (Å²) in [4.78, 5) is 34.7. The summed E-state index contributed by atoms with van der Waals surface area (Å²) in [6.07, 6.45) is 2.57. The molecule has 10 nitrogen and oxygen atoms in total. The first-order valence-corrected chi connectivity index (χ1v) is 11.7. The third-order valence-corrected chi connectivity index (χ3v) is 5.45. The maximum Gasteiger partial charge on any atom is 0.410 e. The summed E-state index contributed by atoms with van der Waals surface area (Å²) in [7, 11) is 1.49. The number of nitrogens with one attached hydrogen (secondary N) is 2. The Kier molecular flexibility index (Phi) is 9.16. The van der Waals surface area contributed by atoms with Crippen LogP contribution >= 0.6 is 0 Å². The van der Waals surface area contributed by atoms with Crippen LogP contribution in [0.4, 0.5) is 25.5 Å². The predicted molar refractivity (Wildman–Crippen MR) is 139 cm³/mol. The second kappa shape index (κ2) is 12.5. The second-order valence-corrected chi connectivity index (χ2v) is 9.27. The highest BCUT2D eigenvalue weighted by Crippen LogP contribution is 2.27. The van der Waals surface area contributed by atoms with Crippen molar-refractivity contribution in [3.05, 3.63) is 77.5 Å². The molecule has 0 aliphatic rings. The van der Waals surface area contributed by atoms with Crippen molar-refractivity contribution in [3.8, 4) is 11.8 Å². The Morgan fingerprint density at radius 2 is 1.76 bits per heavy atom. The first kappa shape index (κ1) is 27.9. The molecule has 0 aliphatic carbocycles. The van der Waals surface area contributed by atoms with Gasteiger partial charge in [-0.3, -0.25) is 5.32 Å². The van der Waals surface area contributed by atoms with E-state index in [1.165, 1.54) is 31.6 Å². The molecular formula is C27H29FN6O4. The molecule has 38 heavy (non-hydrogen) atoms. The van der Waals surface area contributed by atoms with Gasteiger partial charge in [0, 0.05) is 12.1 Å². The van der Waals surface area contributed by atoms with Crippen molar-refractivity contribution < 1.29 is 23.5 Å². The summed E-state index contributed by atoms with van der Waals surface area (Å²) in [5.41, 5.74) is 1.64. The molecule has 0 atom stereocenters. The summed E-state index contributed by atoms with van der Waals surface area (Å²) >= 11 is 0. The fraction of sp³-hybridized carbons (Fsp3) is 0.296. The van der Waals surface area contributed by atoms with E-state index in [9.17, 15) is 14.0 Å². The van der Waals surface area contributed by atoms with Gasteiger partial charge in [-0.15, -0.1) is 0 Å². The van der Waals surface area contributed by atoms with Crippen LogP contribution in [0, 0.1) is 17.1 Å². The molecule has 0 saturated carbocycles. The van der Waals surface area contributed by atoms with E-state index < -0.39 is 17.7 Å². The number of methoxy groups -OCH3 is 1. The summed E-state index contributed by atoms with van der Waals surface area (Å²) in [6.45, 7) is 6.15. The van der Waals surface area contributed by atoms with Crippen molar-refractivity contribution in [2.45, 2.75) is 39.3 Å². The van der Waals surface area contributed by atoms with Crippen LogP contribution in [0.3, 0.4) is 0 Å². The quantitative estimate of drug-likeness (QED) is 0.422. The Labute approximate surface area is 220 Å². The van der Waals surface area contributed by atoms with Gasteiger partial charge >= 0.3 is 12.1 Å². The van der Waals surface area contributed by atoms with E-state index in [2.05, 4.69) is 20.6 Å². The van der Waals surface area contributed by atoms with E-state index >= 15 is 0 Å². The summed E-state index contributed by atoms with van der Waals surface area (Å²) in [5.74, 6) is 0.268. The lowest BCUT2D eigenvalue weighted by molar-refractivity contribution is 0.0633. The molecule has 1 heterocycles. The number of benzene rings is 2. The third-order valence-electron chi connectivity index (χ3n) is 5.45. The van der Waals surface area contributed by atoms with E-state index in [4.69, 9.17) is 14.7 Å². The molecule has 0 radical (unpaired) electrons. The molecule has 0 saturated heterocycles. The number of rotatable bonds is 8. The van der Waals surface area contributed by atoms with Gasteiger partial charge in [-0.1, -0.05) is 18.2 Å². The molecule has 0 aliphatic heterocycles. The van der Waals surface area contributed by atoms with Crippen molar-refractivity contribution >= 4 is 23.6 Å². The maximum atomic E-state index is 13.1. The zero-order valence-corrected chi connectivity index (χ0v) is 21.6. The minimum atomic E-state index is -0.558. The van der Waals surface area contributed by atoms with Crippen LogP contribution in [0.1, 0.15) is 37.6 Å². The second-order valence-electron chi connectivity index (χ2n) is 9.27. The van der Waals surface area contributed by atoms with E-state index in [-0.39, 0.29) is 23.9 Å².